The van der Waals surface area contributed by atoms with Gasteiger partial charge in [-0.2, -0.15) is 5.10 Å². The third-order valence-electron chi connectivity index (χ3n) is 4.61. The van der Waals surface area contributed by atoms with Crippen molar-refractivity contribution in [2.75, 3.05) is 6.61 Å². The van der Waals surface area contributed by atoms with Gasteiger partial charge in [-0.25, -0.2) is 5.43 Å². The Morgan fingerprint density at radius 2 is 1.61 bits per heavy atom. The van der Waals surface area contributed by atoms with E-state index in [4.69, 9.17) is 44.0 Å². The summed E-state index contributed by atoms with van der Waals surface area (Å²) in [5.41, 5.74) is 4.92. The Kier molecular flexibility index (Phi) is 7.35. The molecule has 0 spiro atoms. The number of ether oxygens (including phenoxy) is 1. The molecule has 0 aliphatic rings. The van der Waals surface area contributed by atoms with E-state index in [0.717, 1.165) is 11.1 Å². The number of nitrogens with zero attached hydrogens (tertiary/aromatic N) is 1. The highest BCUT2D eigenvalue weighted by atomic mass is 35.5. The molecule has 0 saturated carbocycles. The van der Waals surface area contributed by atoms with Crippen LogP contribution < -0.4 is 10.2 Å². The van der Waals surface area contributed by atoms with Crippen LogP contribution in [0.1, 0.15) is 5.76 Å². The number of para-hydroxylation sites is 1. The molecule has 5 nitrogen and oxygen atoms in total. The molecule has 0 bridgehead atoms. The molecule has 3 aromatic carbocycles. The Bertz CT molecular complexity index is 1300. The molecule has 0 saturated heterocycles. The number of hydrazone groups is 1. The molecule has 1 aromatic heterocycles. The van der Waals surface area contributed by atoms with Crippen LogP contribution in [0.3, 0.4) is 0 Å². The molecule has 4 rings (SSSR count). The first-order valence-electron chi connectivity index (χ1n) is 9.85. The van der Waals surface area contributed by atoms with E-state index in [0.29, 0.717) is 37.9 Å². The van der Waals surface area contributed by atoms with Gasteiger partial charge < -0.3 is 9.15 Å². The maximum absolute atomic E-state index is 12.2. The number of halogens is 3. The van der Waals surface area contributed by atoms with Crippen molar-refractivity contribution in [2.24, 2.45) is 5.10 Å². The summed E-state index contributed by atoms with van der Waals surface area (Å²) in [5.74, 6) is 1.11. The lowest BCUT2D eigenvalue weighted by molar-refractivity contribution is -0.123. The van der Waals surface area contributed by atoms with Gasteiger partial charge in [-0.05, 0) is 35.9 Å². The quantitative estimate of drug-likeness (QED) is 0.167. The molecule has 0 radical (unpaired) electrons. The smallest absolute Gasteiger partial charge is 0.277 e. The molecule has 1 amide bonds. The molecule has 0 aliphatic carbocycles. The van der Waals surface area contributed by atoms with E-state index in [1.54, 1.807) is 24.3 Å². The standard InChI is InChI=1S/C25H17Cl3N2O3/c26-20-13-22(28)21(27)12-19(20)24-11-10-17(33-24)14-29-30-25(31)15-32-23-9-5-4-8-18(23)16-6-2-1-3-7-16/h1-14H,15H2,(H,30,31). The molecule has 0 atom stereocenters. The van der Waals surface area contributed by atoms with Gasteiger partial charge in [0.25, 0.3) is 5.91 Å². The van der Waals surface area contributed by atoms with Crippen LogP contribution in [0.2, 0.25) is 15.1 Å². The summed E-state index contributed by atoms with van der Waals surface area (Å²) in [6.07, 6.45) is 1.38. The molecule has 0 aliphatic heterocycles. The normalized spacial score (nSPS) is 11.0. The van der Waals surface area contributed by atoms with Crippen LogP contribution in [0.4, 0.5) is 0 Å². The number of rotatable bonds is 7. The van der Waals surface area contributed by atoms with Crippen LogP contribution in [0, 0.1) is 0 Å². The molecule has 1 N–H and O–H groups in total. The fourth-order valence-corrected chi connectivity index (χ4v) is 3.71. The van der Waals surface area contributed by atoms with Gasteiger partial charge in [0.05, 0.1) is 21.3 Å². The minimum absolute atomic E-state index is 0.191. The molecule has 166 valence electrons. The minimum Gasteiger partial charge on any atom is -0.483 e. The summed E-state index contributed by atoms with van der Waals surface area (Å²) in [6, 6.07) is 23.9. The molecule has 0 fully saturated rings. The van der Waals surface area contributed by atoms with Gasteiger partial charge in [0.15, 0.2) is 6.61 Å². The van der Waals surface area contributed by atoms with Crippen LogP contribution in [-0.2, 0) is 4.79 Å². The highest BCUT2D eigenvalue weighted by Gasteiger charge is 2.12. The van der Waals surface area contributed by atoms with E-state index in [-0.39, 0.29) is 6.61 Å². The number of nitrogens with one attached hydrogen (secondary N) is 1. The lowest BCUT2D eigenvalue weighted by Crippen LogP contribution is -2.24. The zero-order valence-corrected chi connectivity index (χ0v) is 19.4. The summed E-state index contributed by atoms with van der Waals surface area (Å²) in [5, 5.41) is 5.04. The lowest BCUT2D eigenvalue weighted by atomic mass is 10.1. The zero-order valence-electron chi connectivity index (χ0n) is 17.1. The number of carbonyl (C=O) groups is 1. The van der Waals surface area contributed by atoms with E-state index in [2.05, 4.69) is 10.5 Å². The highest BCUT2D eigenvalue weighted by molar-refractivity contribution is 6.44. The Hall–Kier alpha value is -3.25. The molecule has 8 heteroatoms. The van der Waals surface area contributed by atoms with Gasteiger partial charge in [-0.15, -0.1) is 0 Å². The van der Waals surface area contributed by atoms with Crippen molar-refractivity contribution in [3.05, 3.63) is 99.7 Å². The average molecular weight is 500 g/mol. The van der Waals surface area contributed by atoms with Gasteiger partial charge in [-0.3, -0.25) is 4.79 Å². The second-order valence-electron chi connectivity index (χ2n) is 6.89. The van der Waals surface area contributed by atoms with Crippen molar-refractivity contribution < 1.29 is 13.9 Å². The Labute approximate surface area is 205 Å². The maximum atomic E-state index is 12.2. The predicted molar refractivity (Wildman–Crippen MR) is 132 cm³/mol. The molecular formula is C25H17Cl3N2O3. The lowest BCUT2D eigenvalue weighted by Gasteiger charge is -2.10. The third kappa shape index (κ3) is 5.76. The van der Waals surface area contributed by atoms with Crippen molar-refractivity contribution in [1.82, 2.24) is 5.43 Å². The van der Waals surface area contributed by atoms with Crippen molar-refractivity contribution in [1.29, 1.82) is 0 Å². The zero-order chi connectivity index (χ0) is 23.2. The Morgan fingerprint density at radius 1 is 0.879 bits per heavy atom. The van der Waals surface area contributed by atoms with Crippen molar-refractivity contribution in [3.63, 3.8) is 0 Å². The summed E-state index contributed by atoms with van der Waals surface area (Å²) >= 11 is 18.2. The second-order valence-corrected chi connectivity index (χ2v) is 8.11. The first-order valence-corrected chi connectivity index (χ1v) is 11.0. The van der Waals surface area contributed by atoms with Crippen LogP contribution in [0.15, 0.2) is 88.4 Å². The number of carbonyl (C=O) groups excluding carboxylic acids is 1. The highest BCUT2D eigenvalue weighted by Crippen LogP contribution is 2.35. The van der Waals surface area contributed by atoms with Crippen LogP contribution in [-0.4, -0.2) is 18.7 Å². The van der Waals surface area contributed by atoms with Crippen LogP contribution in [0.25, 0.3) is 22.5 Å². The van der Waals surface area contributed by atoms with Gasteiger partial charge in [-0.1, -0.05) is 83.3 Å². The van der Waals surface area contributed by atoms with Crippen molar-refractivity contribution in [2.45, 2.75) is 0 Å². The fourth-order valence-electron chi connectivity index (χ4n) is 3.07. The Morgan fingerprint density at radius 3 is 2.42 bits per heavy atom. The minimum atomic E-state index is -0.409. The largest absolute Gasteiger partial charge is 0.483 e. The SMILES string of the molecule is O=C(COc1ccccc1-c1ccccc1)NN=Cc1ccc(-c2cc(Cl)c(Cl)cc2Cl)o1. The van der Waals surface area contributed by atoms with Crippen LogP contribution in [0.5, 0.6) is 5.75 Å². The van der Waals surface area contributed by atoms with E-state index in [1.165, 1.54) is 6.21 Å². The van der Waals surface area contributed by atoms with E-state index in [9.17, 15) is 4.79 Å². The third-order valence-corrected chi connectivity index (χ3v) is 5.65. The summed E-state index contributed by atoms with van der Waals surface area (Å²) in [6.45, 7) is -0.191. The summed E-state index contributed by atoms with van der Waals surface area (Å²) in [7, 11) is 0. The maximum Gasteiger partial charge on any atom is 0.277 e. The second kappa shape index (κ2) is 10.6. The number of benzene rings is 3. The summed E-state index contributed by atoms with van der Waals surface area (Å²) in [4.78, 5) is 12.2. The summed E-state index contributed by atoms with van der Waals surface area (Å²) < 4.78 is 11.4. The molecule has 33 heavy (non-hydrogen) atoms. The predicted octanol–water partition coefficient (Wildman–Crippen LogP) is 7.10. The molecular weight excluding hydrogens is 483 g/mol. The monoisotopic (exact) mass is 498 g/mol. The van der Waals surface area contributed by atoms with E-state index < -0.39 is 5.91 Å². The number of hydrogen-bond donors (Lipinski definition) is 1. The number of hydrogen-bond acceptors (Lipinski definition) is 4. The average Bonchev–Trinajstić information content (AvgIpc) is 3.29. The van der Waals surface area contributed by atoms with Gasteiger partial charge >= 0.3 is 0 Å². The Balaban J connectivity index is 1.35. The van der Waals surface area contributed by atoms with Crippen molar-refractivity contribution in [3.8, 4) is 28.2 Å². The molecule has 0 unspecified atom stereocenters. The van der Waals surface area contributed by atoms with Crippen molar-refractivity contribution >= 4 is 46.9 Å². The van der Waals surface area contributed by atoms with Gasteiger partial charge in [0.2, 0.25) is 0 Å². The molecule has 1 heterocycles. The van der Waals surface area contributed by atoms with Crippen LogP contribution >= 0.6 is 34.8 Å². The first-order chi connectivity index (χ1) is 16.0. The van der Waals surface area contributed by atoms with E-state index >= 15 is 0 Å². The topological polar surface area (TPSA) is 63.8 Å². The van der Waals surface area contributed by atoms with E-state index in [1.807, 2.05) is 54.6 Å². The number of amides is 1. The fraction of sp³-hybridized carbons (Fsp3) is 0.0400. The van der Waals surface area contributed by atoms with Gasteiger partial charge in [0.1, 0.15) is 17.3 Å². The molecule has 4 aromatic rings. The number of furan rings is 1. The van der Waals surface area contributed by atoms with Gasteiger partial charge in [0, 0.05) is 11.1 Å². The first kappa shape index (κ1) is 22.9.